The van der Waals surface area contributed by atoms with E-state index >= 15 is 0 Å². The Labute approximate surface area is 131 Å². The maximum absolute atomic E-state index is 12.2. The highest BCUT2D eigenvalue weighted by Crippen LogP contribution is 2.17. The van der Waals surface area contributed by atoms with E-state index in [2.05, 4.69) is 5.32 Å². The van der Waals surface area contributed by atoms with E-state index in [0.29, 0.717) is 13.0 Å². The van der Waals surface area contributed by atoms with Crippen molar-refractivity contribution in [3.05, 3.63) is 41.6 Å². The minimum Gasteiger partial charge on any atom is -0.321 e. The molecule has 1 aliphatic rings. The summed E-state index contributed by atoms with van der Waals surface area (Å²) in [6.45, 7) is 4.36. The number of carbonyl (C=O) groups excluding carboxylic acids is 1. The van der Waals surface area contributed by atoms with Gasteiger partial charge in [-0.3, -0.25) is 0 Å². The second kappa shape index (κ2) is 6.96. The molecule has 0 spiro atoms. The van der Waals surface area contributed by atoms with E-state index < -0.39 is 9.84 Å². The van der Waals surface area contributed by atoms with Crippen LogP contribution >= 0.6 is 0 Å². The van der Waals surface area contributed by atoms with Gasteiger partial charge in [0.05, 0.1) is 11.5 Å². The number of nitrogens with one attached hydrogen (secondary N) is 1. The molecule has 1 heterocycles. The number of aryl methyl sites for hydroxylation is 1. The van der Waals surface area contributed by atoms with Gasteiger partial charge in [0.25, 0.3) is 0 Å². The van der Waals surface area contributed by atoms with Gasteiger partial charge in [-0.15, -0.1) is 0 Å². The lowest BCUT2D eigenvalue weighted by Crippen LogP contribution is -2.45. The van der Waals surface area contributed by atoms with Crippen LogP contribution in [0.25, 0.3) is 6.08 Å². The number of amides is 2. The Morgan fingerprint density at radius 2 is 2.05 bits per heavy atom. The molecule has 1 aromatic rings. The normalized spacial score (nSPS) is 20.2. The zero-order valence-electron chi connectivity index (χ0n) is 13.0. The second-order valence-electron chi connectivity index (χ2n) is 5.54. The fourth-order valence-corrected chi connectivity index (χ4v) is 4.29. The molecule has 6 heteroatoms. The largest absolute Gasteiger partial charge is 0.321 e. The van der Waals surface area contributed by atoms with Crippen LogP contribution in [0.5, 0.6) is 0 Å². The summed E-state index contributed by atoms with van der Waals surface area (Å²) in [5.74, 6) is 0.233. The van der Waals surface area contributed by atoms with Gasteiger partial charge in [-0.05, 0) is 31.9 Å². The van der Waals surface area contributed by atoms with Crippen molar-refractivity contribution in [3.63, 3.8) is 0 Å². The lowest BCUT2D eigenvalue weighted by molar-refractivity contribution is 0.187. The van der Waals surface area contributed by atoms with Crippen LogP contribution in [-0.2, 0) is 9.84 Å². The fraction of sp³-hybridized carbons (Fsp3) is 0.438. The summed E-state index contributed by atoms with van der Waals surface area (Å²) in [4.78, 5) is 13.8. The van der Waals surface area contributed by atoms with Crippen molar-refractivity contribution in [3.8, 4) is 0 Å². The maximum Gasteiger partial charge on any atom is 0.321 e. The summed E-state index contributed by atoms with van der Waals surface area (Å²) >= 11 is 0. The summed E-state index contributed by atoms with van der Waals surface area (Å²) < 4.78 is 23.1. The first-order valence-electron chi connectivity index (χ1n) is 7.42. The van der Waals surface area contributed by atoms with Crippen molar-refractivity contribution in [1.29, 1.82) is 0 Å². The van der Waals surface area contributed by atoms with Gasteiger partial charge >= 0.3 is 6.03 Å². The summed E-state index contributed by atoms with van der Waals surface area (Å²) in [5.41, 5.74) is 2.18. The third-order valence-corrected chi connectivity index (χ3v) is 5.56. The van der Waals surface area contributed by atoms with Crippen LogP contribution in [-0.4, -0.2) is 43.4 Å². The maximum atomic E-state index is 12.2. The van der Waals surface area contributed by atoms with Crippen LogP contribution in [0, 0.1) is 6.92 Å². The van der Waals surface area contributed by atoms with Crippen LogP contribution < -0.4 is 5.32 Å². The van der Waals surface area contributed by atoms with Crippen LogP contribution in [0.1, 0.15) is 24.5 Å². The quantitative estimate of drug-likeness (QED) is 0.924. The molecule has 0 aromatic heterocycles. The van der Waals surface area contributed by atoms with Crippen molar-refractivity contribution in [2.45, 2.75) is 26.3 Å². The average Bonchev–Trinajstić information content (AvgIpc) is 2.82. The van der Waals surface area contributed by atoms with Gasteiger partial charge in [-0.2, -0.15) is 0 Å². The Hall–Kier alpha value is -1.82. The SMILES string of the molecule is CCN(C(=O)N/C=C/c1ccc(C)cc1)C1CCS(=O)(=O)C1. The summed E-state index contributed by atoms with van der Waals surface area (Å²) in [6.07, 6.45) is 3.93. The average molecular weight is 322 g/mol. The van der Waals surface area contributed by atoms with Crippen LogP contribution in [0.15, 0.2) is 30.5 Å². The second-order valence-corrected chi connectivity index (χ2v) is 7.77. The van der Waals surface area contributed by atoms with E-state index in [4.69, 9.17) is 0 Å². The molecule has 1 fully saturated rings. The number of urea groups is 1. The van der Waals surface area contributed by atoms with Gasteiger partial charge in [0, 0.05) is 18.8 Å². The molecule has 1 N–H and O–H groups in total. The van der Waals surface area contributed by atoms with Crippen LogP contribution in [0.3, 0.4) is 0 Å². The highest BCUT2D eigenvalue weighted by molar-refractivity contribution is 7.91. The molecular weight excluding hydrogens is 300 g/mol. The van der Waals surface area contributed by atoms with Gasteiger partial charge < -0.3 is 10.2 Å². The zero-order valence-corrected chi connectivity index (χ0v) is 13.8. The molecule has 0 aliphatic carbocycles. The minimum atomic E-state index is -2.99. The molecule has 2 rings (SSSR count). The van der Waals surface area contributed by atoms with Gasteiger partial charge in [-0.1, -0.05) is 29.8 Å². The van der Waals surface area contributed by atoms with E-state index in [-0.39, 0.29) is 23.6 Å². The number of hydrogen-bond acceptors (Lipinski definition) is 3. The Bertz CT molecular complexity index is 650. The Morgan fingerprint density at radius 1 is 1.36 bits per heavy atom. The number of carbonyl (C=O) groups is 1. The monoisotopic (exact) mass is 322 g/mol. The van der Waals surface area contributed by atoms with Crippen molar-refractivity contribution < 1.29 is 13.2 Å². The van der Waals surface area contributed by atoms with Gasteiger partial charge in [0.15, 0.2) is 9.84 Å². The summed E-state index contributed by atoms with van der Waals surface area (Å²) in [6, 6.07) is 7.47. The number of rotatable bonds is 4. The van der Waals surface area contributed by atoms with E-state index in [1.807, 2.05) is 44.2 Å². The Morgan fingerprint density at radius 3 is 2.59 bits per heavy atom. The predicted octanol–water partition coefficient (Wildman–Crippen LogP) is 2.18. The van der Waals surface area contributed by atoms with E-state index in [1.54, 1.807) is 11.1 Å². The standard InChI is InChI=1S/C16H22N2O3S/c1-3-18(15-9-11-22(20,21)12-15)16(19)17-10-8-14-6-4-13(2)5-7-14/h4-8,10,15H,3,9,11-12H2,1-2H3,(H,17,19)/b10-8+. The molecule has 1 unspecified atom stereocenters. The molecule has 1 aromatic carbocycles. The zero-order chi connectivity index (χ0) is 16.2. The first-order valence-corrected chi connectivity index (χ1v) is 9.24. The lowest BCUT2D eigenvalue weighted by atomic mass is 10.1. The van der Waals surface area contributed by atoms with Gasteiger partial charge in [0.1, 0.15) is 0 Å². The van der Waals surface area contributed by atoms with Crippen LogP contribution in [0.2, 0.25) is 0 Å². The van der Waals surface area contributed by atoms with E-state index in [1.165, 1.54) is 5.56 Å². The van der Waals surface area contributed by atoms with Crippen molar-refractivity contribution in [1.82, 2.24) is 10.2 Å². The molecule has 22 heavy (non-hydrogen) atoms. The number of benzene rings is 1. The molecule has 1 atom stereocenters. The molecule has 1 aliphatic heterocycles. The smallest absolute Gasteiger partial charge is 0.321 e. The van der Waals surface area contributed by atoms with Crippen LogP contribution in [0.4, 0.5) is 4.79 Å². The van der Waals surface area contributed by atoms with E-state index in [0.717, 1.165) is 5.56 Å². The predicted molar refractivity (Wildman–Crippen MR) is 88.2 cm³/mol. The number of nitrogens with zero attached hydrogens (tertiary/aromatic N) is 1. The van der Waals surface area contributed by atoms with Gasteiger partial charge in [0.2, 0.25) is 0 Å². The third-order valence-electron chi connectivity index (χ3n) is 3.81. The molecule has 0 saturated carbocycles. The highest BCUT2D eigenvalue weighted by atomic mass is 32.2. The third kappa shape index (κ3) is 4.34. The molecule has 0 bridgehead atoms. The molecule has 5 nitrogen and oxygen atoms in total. The summed E-state index contributed by atoms with van der Waals surface area (Å²) in [7, 11) is -2.99. The first-order chi connectivity index (χ1) is 10.4. The van der Waals surface area contributed by atoms with Gasteiger partial charge in [-0.25, -0.2) is 13.2 Å². The fourth-order valence-electron chi connectivity index (χ4n) is 2.56. The molecule has 0 radical (unpaired) electrons. The van der Waals surface area contributed by atoms with Crippen molar-refractivity contribution in [2.24, 2.45) is 0 Å². The van der Waals surface area contributed by atoms with E-state index in [9.17, 15) is 13.2 Å². The highest BCUT2D eigenvalue weighted by Gasteiger charge is 2.33. The minimum absolute atomic E-state index is 0.0654. The molecular formula is C16H22N2O3S. The lowest BCUT2D eigenvalue weighted by Gasteiger charge is -2.26. The molecule has 120 valence electrons. The summed E-state index contributed by atoms with van der Waals surface area (Å²) in [5, 5.41) is 2.71. The molecule has 2 amide bonds. The van der Waals surface area contributed by atoms with Crippen molar-refractivity contribution in [2.75, 3.05) is 18.1 Å². The number of hydrogen-bond donors (Lipinski definition) is 1. The van der Waals surface area contributed by atoms with Crippen molar-refractivity contribution >= 4 is 21.9 Å². The first kappa shape index (κ1) is 16.5. The molecule has 1 saturated heterocycles. The Kier molecular flexibility index (Phi) is 5.24. The number of sulfone groups is 1. The topological polar surface area (TPSA) is 66.5 Å². The Balaban J connectivity index is 1.94.